The Morgan fingerprint density at radius 2 is 2.06 bits per heavy atom. The lowest BCUT2D eigenvalue weighted by atomic mass is 10.1. The molecule has 4 nitrogen and oxygen atoms in total. The van der Waals surface area contributed by atoms with Gasteiger partial charge in [0.25, 0.3) is 0 Å². The van der Waals surface area contributed by atoms with Gasteiger partial charge in [-0.3, -0.25) is 9.67 Å². The third kappa shape index (κ3) is 2.36. The Hall–Kier alpha value is -1.68. The highest BCUT2D eigenvalue weighted by atomic mass is 16.3. The molecule has 2 aromatic heterocycles. The first-order valence-electron chi connectivity index (χ1n) is 5.63. The van der Waals surface area contributed by atoms with E-state index in [-0.39, 0.29) is 12.1 Å². The molecule has 0 unspecified atom stereocenters. The molecule has 0 aliphatic rings. The van der Waals surface area contributed by atoms with Crippen molar-refractivity contribution >= 4 is 0 Å². The molecule has 0 saturated carbocycles. The zero-order chi connectivity index (χ0) is 12.5. The average Bonchev–Trinajstić information content (AvgIpc) is 2.73. The van der Waals surface area contributed by atoms with Crippen LogP contribution in [-0.4, -0.2) is 19.9 Å². The highest BCUT2D eigenvalue weighted by molar-refractivity contribution is 5.57. The highest BCUT2D eigenvalue weighted by Gasteiger charge is 2.18. The van der Waals surface area contributed by atoms with E-state index in [0.717, 1.165) is 17.0 Å². The molecule has 0 aliphatic heterocycles. The molecule has 4 heteroatoms. The summed E-state index contributed by atoms with van der Waals surface area (Å²) < 4.78 is 1.86. The highest BCUT2D eigenvalue weighted by Crippen LogP contribution is 2.23. The van der Waals surface area contributed by atoms with Crippen LogP contribution in [0.4, 0.5) is 0 Å². The summed E-state index contributed by atoms with van der Waals surface area (Å²) in [5.74, 6) is 0. The van der Waals surface area contributed by atoms with E-state index in [4.69, 9.17) is 0 Å². The van der Waals surface area contributed by atoms with Crippen LogP contribution >= 0.6 is 0 Å². The predicted octanol–water partition coefficient (Wildman–Crippen LogP) is 2.19. The molecule has 0 atom stereocenters. The molecule has 0 aliphatic carbocycles. The minimum absolute atomic E-state index is 0.0258. The monoisotopic (exact) mass is 231 g/mol. The number of hydrogen-bond acceptors (Lipinski definition) is 3. The second-order valence-corrected chi connectivity index (χ2v) is 4.99. The topological polar surface area (TPSA) is 50.9 Å². The Morgan fingerprint density at radius 1 is 1.29 bits per heavy atom. The Morgan fingerprint density at radius 3 is 2.59 bits per heavy atom. The lowest BCUT2D eigenvalue weighted by Gasteiger charge is -2.18. The predicted molar refractivity (Wildman–Crippen MR) is 66.4 cm³/mol. The molecule has 0 bridgehead atoms. The molecule has 0 aromatic carbocycles. The minimum atomic E-state index is -0.100. The number of aromatic nitrogens is 3. The summed E-state index contributed by atoms with van der Waals surface area (Å²) in [6, 6.07) is 5.68. The number of rotatable bonds is 2. The summed E-state index contributed by atoms with van der Waals surface area (Å²) in [5, 5.41) is 13.9. The number of nitrogens with zero attached hydrogens (tertiary/aromatic N) is 3. The summed E-state index contributed by atoms with van der Waals surface area (Å²) in [5.41, 5.74) is 2.25. The number of pyridine rings is 1. The standard InChI is InChI=1S/C13H17N3O/c1-13(2,3)16-8-10(9-17)12(15-16)11-6-4-5-7-14-11/h4-8,17H,9H2,1-3H3. The molecular weight excluding hydrogens is 214 g/mol. The van der Waals surface area contributed by atoms with Crippen LogP contribution in [0, 0.1) is 0 Å². The first-order chi connectivity index (χ1) is 8.02. The van der Waals surface area contributed by atoms with Crippen molar-refractivity contribution in [1.82, 2.24) is 14.8 Å². The Kier molecular flexibility index (Phi) is 2.98. The average molecular weight is 231 g/mol. The van der Waals surface area contributed by atoms with Crippen LogP contribution in [0.2, 0.25) is 0 Å². The van der Waals surface area contributed by atoms with Gasteiger partial charge in [0.2, 0.25) is 0 Å². The third-order valence-corrected chi connectivity index (χ3v) is 2.56. The van der Waals surface area contributed by atoms with Gasteiger partial charge in [-0.15, -0.1) is 0 Å². The molecule has 17 heavy (non-hydrogen) atoms. The van der Waals surface area contributed by atoms with E-state index < -0.39 is 0 Å². The zero-order valence-electron chi connectivity index (χ0n) is 10.4. The fraction of sp³-hybridized carbons (Fsp3) is 0.385. The Labute approximate surface area is 101 Å². The molecule has 0 radical (unpaired) electrons. The van der Waals surface area contributed by atoms with Gasteiger partial charge in [-0.2, -0.15) is 5.10 Å². The van der Waals surface area contributed by atoms with Crippen LogP contribution in [0.5, 0.6) is 0 Å². The quantitative estimate of drug-likeness (QED) is 0.862. The van der Waals surface area contributed by atoms with Crippen LogP contribution < -0.4 is 0 Å². The molecular formula is C13H17N3O. The Bertz CT molecular complexity index is 497. The van der Waals surface area contributed by atoms with E-state index in [0.29, 0.717) is 0 Å². The zero-order valence-corrected chi connectivity index (χ0v) is 10.4. The number of aliphatic hydroxyl groups is 1. The maximum Gasteiger partial charge on any atom is 0.116 e. The first kappa shape index (κ1) is 11.8. The second kappa shape index (κ2) is 4.30. The van der Waals surface area contributed by atoms with Gasteiger partial charge < -0.3 is 5.11 Å². The Balaban J connectivity index is 2.51. The van der Waals surface area contributed by atoms with E-state index in [1.54, 1.807) is 6.20 Å². The van der Waals surface area contributed by atoms with Crippen molar-refractivity contribution in [2.45, 2.75) is 32.9 Å². The fourth-order valence-corrected chi connectivity index (χ4v) is 1.59. The molecule has 0 fully saturated rings. The third-order valence-electron chi connectivity index (χ3n) is 2.56. The summed E-state index contributed by atoms with van der Waals surface area (Å²) >= 11 is 0. The van der Waals surface area contributed by atoms with Crippen molar-refractivity contribution in [3.8, 4) is 11.4 Å². The van der Waals surface area contributed by atoms with Crippen LogP contribution in [0.15, 0.2) is 30.6 Å². The first-order valence-corrected chi connectivity index (χ1v) is 5.63. The molecule has 1 N–H and O–H groups in total. The maximum atomic E-state index is 9.38. The van der Waals surface area contributed by atoms with Crippen molar-refractivity contribution in [3.63, 3.8) is 0 Å². The van der Waals surface area contributed by atoms with Crippen LogP contribution in [-0.2, 0) is 12.1 Å². The second-order valence-electron chi connectivity index (χ2n) is 4.99. The number of aliphatic hydroxyl groups excluding tert-OH is 1. The van der Waals surface area contributed by atoms with E-state index in [2.05, 4.69) is 30.9 Å². The van der Waals surface area contributed by atoms with E-state index >= 15 is 0 Å². The maximum absolute atomic E-state index is 9.38. The summed E-state index contributed by atoms with van der Waals surface area (Å²) in [7, 11) is 0. The lowest BCUT2D eigenvalue weighted by Crippen LogP contribution is -2.22. The van der Waals surface area contributed by atoms with E-state index in [1.807, 2.05) is 29.1 Å². The molecule has 2 rings (SSSR count). The minimum Gasteiger partial charge on any atom is -0.392 e. The van der Waals surface area contributed by atoms with E-state index in [1.165, 1.54) is 0 Å². The number of hydrogen-bond donors (Lipinski definition) is 1. The van der Waals surface area contributed by atoms with Crippen molar-refractivity contribution in [3.05, 3.63) is 36.2 Å². The molecule has 90 valence electrons. The molecule has 0 spiro atoms. The van der Waals surface area contributed by atoms with Gasteiger partial charge in [0, 0.05) is 18.0 Å². The fourth-order valence-electron chi connectivity index (χ4n) is 1.59. The molecule has 2 aromatic rings. The van der Waals surface area contributed by atoms with Gasteiger partial charge >= 0.3 is 0 Å². The molecule has 0 amide bonds. The van der Waals surface area contributed by atoms with Gasteiger partial charge in [-0.1, -0.05) is 6.07 Å². The van der Waals surface area contributed by atoms with Crippen molar-refractivity contribution < 1.29 is 5.11 Å². The van der Waals surface area contributed by atoms with Crippen LogP contribution in [0.25, 0.3) is 11.4 Å². The van der Waals surface area contributed by atoms with Crippen molar-refractivity contribution in [2.24, 2.45) is 0 Å². The summed E-state index contributed by atoms with van der Waals surface area (Å²) in [4.78, 5) is 4.27. The van der Waals surface area contributed by atoms with Crippen LogP contribution in [0.3, 0.4) is 0 Å². The normalized spacial score (nSPS) is 11.8. The summed E-state index contributed by atoms with van der Waals surface area (Å²) in [6.45, 7) is 6.19. The van der Waals surface area contributed by atoms with Gasteiger partial charge in [0.15, 0.2) is 0 Å². The van der Waals surface area contributed by atoms with Crippen molar-refractivity contribution in [2.75, 3.05) is 0 Å². The van der Waals surface area contributed by atoms with Gasteiger partial charge in [0.1, 0.15) is 5.69 Å². The SMILES string of the molecule is CC(C)(C)n1cc(CO)c(-c2ccccn2)n1. The largest absolute Gasteiger partial charge is 0.392 e. The van der Waals surface area contributed by atoms with Crippen LogP contribution in [0.1, 0.15) is 26.3 Å². The molecule has 2 heterocycles. The van der Waals surface area contributed by atoms with Crippen molar-refractivity contribution in [1.29, 1.82) is 0 Å². The van der Waals surface area contributed by atoms with Gasteiger partial charge in [-0.25, -0.2) is 0 Å². The lowest BCUT2D eigenvalue weighted by molar-refractivity contribution is 0.281. The smallest absolute Gasteiger partial charge is 0.116 e. The summed E-state index contributed by atoms with van der Waals surface area (Å²) in [6.07, 6.45) is 3.61. The van der Waals surface area contributed by atoms with Gasteiger partial charge in [-0.05, 0) is 32.9 Å². The van der Waals surface area contributed by atoms with Gasteiger partial charge in [0.05, 0.1) is 17.8 Å². The van der Waals surface area contributed by atoms with E-state index in [9.17, 15) is 5.11 Å². The molecule has 0 saturated heterocycles.